The first kappa shape index (κ1) is 21.5. The van der Waals surface area contributed by atoms with Crippen LogP contribution in [0.4, 0.5) is 10.5 Å². The Bertz CT molecular complexity index is 1040. The van der Waals surface area contributed by atoms with Crippen molar-refractivity contribution >= 4 is 44.4 Å². The van der Waals surface area contributed by atoms with Gasteiger partial charge in [-0.3, -0.25) is 15.2 Å². The van der Waals surface area contributed by atoms with Crippen LogP contribution in [0.3, 0.4) is 0 Å². The first-order chi connectivity index (χ1) is 15.1. The summed E-state index contributed by atoms with van der Waals surface area (Å²) in [6, 6.07) is 13.1. The van der Waals surface area contributed by atoms with E-state index in [2.05, 4.69) is 36.3 Å². The SMILES string of the molecule is O=C(Nc1ccc2cn[nH]c2c1)OCCCN1CCC(C(=O)c2ccc(Br)cc2)CC1. The molecule has 1 fully saturated rings. The highest BCUT2D eigenvalue weighted by molar-refractivity contribution is 9.10. The quantitative estimate of drug-likeness (QED) is 0.369. The molecule has 1 saturated heterocycles. The average Bonchev–Trinajstić information content (AvgIpc) is 3.25. The summed E-state index contributed by atoms with van der Waals surface area (Å²) in [6.45, 7) is 3.00. The number of anilines is 1. The van der Waals surface area contributed by atoms with Gasteiger partial charge < -0.3 is 9.64 Å². The number of ether oxygens (including phenoxy) is 1. The number of rotatable bonds is 7. The third kappa shape index (κ3) is 5.71. The van der Waals surface area contributed by atoms with Crippen LogP contribution in [-0.2, 0) is 4.74 Å². The average molecular weight is 485 g/mol. The first-order valence-electron chi connectivity index (χ1n) is 10.5. The van der Waals surface area contributed by atoms with E-state index in [4.69, 9.17) is 4.74 Å². The number of nitrogens with zero attached hydrogens (tertiary/aromatic N) is 2. The Balaban J connectivity index is 1.13. The lowest BCUT2D eigenvalue weighted by molar-refractivity contribution is 0.0830. The van der Waals surface area contributed by atoms with E-state index in [1.165, 1.54) is 0 Å². The van der Waals surface area contributed by atoms with Gasteiger partial charge in [0.15, 0.2) is 5.78 Å². The second-order valence-electron chi connectivity index (χ2n) is 7.77. The van der Waals surface area contributed by atoms with Crippen LogP contribution in [0.2, 0.25) is 0 Å². The van der Waals surface area contributed by atoms with Crippen molar-refractivity contribution in [2.24, 2.45) is 5.92 Å². The number of hydrogen-bond acceptors (Lipinski definition) is 5. The highest BCUT2D eigenvalue weighted by Gasteiger charge is 2.25. The molecule has 0 saturated carbocycles. The number of aromatic amines is 1. The van der Waals surface area contributed by atoms with Crippen LogP contribution >= 0.6 is 15.9 Å². The van der Waals surface area contributed by atoms with Crippen LogP contribution in [-0.4, -0.2) is 53.2 Å². The van der Waals surface area contributed by atoms with Gasteiger partial charge in [0.2, 0.25) is 0 Å². The van der Waals surface area contributed by atoms with Crippen LogP contribution in [0.1, 0.15) is 29.6 Å². The standard InChI is InChI=1S/C23H25BrN4O3/c24-19-5-2-16(3-6-19)22(29)17-8-11-28(12-9-17)10-1-13-31-23(30)26-20-7-4-18-15-25-27-21(18)14-20/h2-7,14-15,17H,1,8-13H2,(H,25,27)(H,26,30). The number of carbonyl (C=O) groups excluding carboxylic acids is 2. The summed E-state index contributed by atoms with van der Waals surface area (Å²) in [5, 5.41) is 10.6. The molecular weight excluding hydrogens is 460 g/mol. The first-order valence-corrected chi connectivity index (χ1v) is 11.3. The minimum Gasteiger partial charge on any atom is -0.449 e. The minimum absolute atomic E-state index is 0.0895. The molecule has 0 unspecified atom stereocenters. The number of H-pyrrole nitrogens is 1. The summed E-state index contributed by atoms with van der Waals surface area (Å²) in [6.07, 6.45) is 3.77. The molecule has 0 aliphatic carbocycles. The van der Waals surface area contributed by atoms with Crippen LogP contribution in [0.25, 0.3) is 10.9 Å². The van der Waals surface area contributed by atoms with E-state index in [-0.39, 0.29) is 11.7 Å². The number of piperidine rings is 1. The van der Waals surface area contributed by atoms with Gasteiger partial charge in [-0.15, -0.1) is 0 Å². The molecule has 7 nitrogen and oxygen atoms in total. The lowest BCUT2D eigenvalue weighted by Crippen LogP contribution is -2.37. The van der Waals surface area contributed by atoms with Crippen molar-refractivity contribution in [1.82, 2.24) is 15.1 Å². The van der Waals surface area contributed by atoms with E-state index in [0.29, 0.717) is 12.3 Å². The molecule has 4 rings (SSSR count). The molecular formula is C23H25BrN4O3. The number of nitrogens with one attached hydrogen (secondary N) is 2. The number of fused-ring (bicyclic) bond motifs is 1. The molecule has 2 aromatic carbocycles. The highest BCUT2D eigenvalue weighted by atomic mass is 79.9. The minimum atomic E-state index is -0.460. The van der Waals surface area contributed by atoms with Gasteiger partial charge in [-0.25, -0.2) is 4.79 Å². The van der Waals surface area contributed by atoms with Crippen LogP contribution in [0.15, 0.2) is 53.1 Å². The topological polar surface area (TPSA) is 87.3 Å². The van der Waals surface area contributed by atoms with Gasteiger partial charge in [-0.05, 0) is 62.7 Å². The molecule has 1 amide bonds. The molecule has 1 aliphatic rings. The van der Waals surface area contributed by atoms with Crippen molar-refractivity contribution in [1.29, 1.82) is 0 Å². The van der Waals surface area contributed by atoms with E-state index in [0.717, 1.165) is 59.8 Å². The lowest BCUT2D eigenvalue weighted by atomic mass is 9.89. The van der Waals surface area contributed by atoms with Crippen molar-refractivity contribution in [3.8, 4) is 0 Å². The Morgan fingerprint density at radius 2 is 1.94 bits per heavy atom. The van der Waals surface area contributed by atoms with Crippen molar-refractivity contribution < 1.29 is 14.3 Å². The maximum Gasteiger partial charge on any atom is 0.411 e. The van der Waals surface area contributed by atoms with Crippen molar-refractivity contribution in [3.63, 3.8) is 0 Å². The summed E-state index contributed by atoms with van der Waals surface area (Å²) < 4.78 is 6.28. The van der Waals surface area contributed by atoms with Gasteiger partial charge in [0, 0.05) is 33.6 Å². The van der Waals surface area contributed by atoms with Gasteiger partial charge >= 0.3 is 6.09 Å². The zero-order valence-electron chi connectivity index (χ0n) is 17.1. The molecule has 0 radical (unpaired) electrons. The van der Waals surface area contributed by atoms with Crippen molar-refractivity contribution in [2.45, 2.75) is 19.3 Å². The molecule has 8 heteroatoms. The Labute approximate surface area is 189 Å². The third-order valence-corrected chi connectivity index (χ3v) is 6.16. The number of Topliss-reactive ketones (excluding diaryl/α,β-unsaturated/α-hetero) is 1. The molecule has 2 heterocycles. The number of halogens is 1. The molecule has 1 aliphatic heterocycles. The fraction of sp³-hybridized carbons (Fsp3) is 0.348. The summed E-state index contributed by atoms with van der Waals surface area (Å²) in [4.78, 5) is 27.0. The fourth-order valence-corrected chi connectivity index (χ4v) is 4.15. The summed E-state index contributed by atoms with van der Waals surface area (Å²) in [5.41, 5.74) is 2.31. The van der Waals surface area contributed by atoms with Crippen LogP contribution in [0.5, 0.6) is 0 Å². The number of likely N-dealkylation sites (tertiary alicyclic amines) is 1. The molecule has 0 bridgehead atoms. The Morgan fingerprint density at radius 1 is 1.16 bits per heavy atom. The van der Waals surface area contributed by atoms with Crippen molar-refractivity contribution in [2.75, 3.05) is 31.6 Å². The van der Waals surface area contributed by atoms with Gasteiger partial charge in [0.05, 0.1) is 18.3 Å². The zero-order chi connectivity index (χ0) is 21.6. The zero-order valence-corrected chi connectivity index (χ0v) is 18.7. The van der Waals surface area contributed by atoms with E-state index < -0.39 is 6.09 Å². The molecule has 0 atom stereocenters. The largest absolute Gasteiger partial charge is 0.449 e. The number of aromatic nitrogens is 2. The number of hydrogen-bond donors (Lipinski definition) is 2. The van der Waals surface area contributed by atoms with E-state index >= 15 is 0 Å². The normalized spacial score (nSPS) is 15.1. The maximum absolute atomic E-state index is 12.7. The van der Waals surface area contributed by atoms with Gasteiger partial charge in [0.25, 0.3) is 0 Å². The molecule has 31 heavy (non-hydrogen) atoms. The lowest BCUT2D eigenvalue weighted by Gasteiger charge is -2.31. The van der Waals surface area contributed by atoms with E-state index in [1.807, 2.05) is 42.5 Å². The third-order valence-electron chi connectivity index (χ3n) is 5.63. The predicted octanol–water partition coefficient (Wildman–Crippen LogP) is 4.86. The number of carbonyl (C=O) groups is 2. The van der Waals surface area contributed by atoms with Crippen molar-refractivity contribution in [3.05, 3.63) is 58.7 Å². The number of amides is 1. The Kier molecular flexibility index (Phi) is 6.99. The summed E-state index contributed by atoms with van der Waals surface area (Å²) in [7, 11) is 0. The predicted molar refractivity (Wildman–Crippen MR) is 123 cm³/mol. The second-order valence-corrected chi connectivity index (χ2v) is 8.69. The monoisotopic (exact) mass is 484 g/mol. The molecule has 162 valence electrons. The fourth-order valence-electron chi connectivity index (χ4n) is 3.89. The molecule has 1 aromatic heterocycles. The highest BCUT2D eigenvalue weighted by Crippen LogP contribution is 2.23. The Hall–Kier alpha value is -2.71. The van der Waals surface area contributed by atoms with Gasteiger partial charge in [-0.2, -0.15) is 5.10 Å². The Morgan fingerprint density at radius 3 is 2.71 bits per heavy atom. The number of ketones is 1. The van der Waals surface area contributed by atoms with E-state index in [9.17, 15) is 9.59 Å². The van der Waals surface area contributed by atoms with Crippen LogP contribution < -0.4 is 5.32 Å². The number of benzene rings is 2. The molecule has 0 spiro atoms. The maximum atomic E-state index is 12.7. The van der Waals surface area contributed by atoms with E-state index in [1.54, 1.807) is 6.20 Å². The summed E-state index contributed by atoms with van der Waals surface area (Å²) in [5.74, 6) is 0.326. The second kappa shape index (κ2) is 10.1. The van der Waals surface area contributed by atoms with Gasteiger partial charge in [-0.1, -0.05) is 28.1 Å². The molecule has 2 N–H and O–H groups in total. The smallest absolute Gasteiger partial charge is 0.411 e. The molecule has 3 aromatic rings. The summed E-state index contributed by atoms with van der Waals surface area (Å²) >= 11 is 3.40. The van der Waals surface area contributed by atoms with Crippen LogP contribution in [0, 0.1) is 5.92 Å². The van der Waals surface area contributed by atoms with Gasteiger partial charge in [0.1, 0.15) is 0 Å².